The molecule has 0 aliphatic carbocycles. The van der Waals surface area contributed by atoms with Crippen LogP contribution in [0.2, 0.25) is 0 Å². The van der Waals surface area contributed by atoms with Gasteiger partial charge in [0.05, 0.1) is 0 Å². The molecule has 0 aromatic heterocycles. The third-order valence-corrected chi connectivity index (χ3v) is 2.90. The van der Waals surface area contributed by atoms with Gasteiger partial charge < -0.3 is 4.90 Å². The van der Waals surface area contributed by atoms with E-state index in [1.54, 1.807) is 0 Å². The Hall–Kier alpha value is -0.0400. The normalized spacial score (nSPS) is 13.5. The molecular weight excluding hydrogens is 170 g/mol. The van der Waals surface area contributed by atoms with Crippen LogP contribution in [0.3, 0.4) is 0 Å². The van der Waals surface area contributed by atoms with Gasteiger partial charge in [0.2, 0.25) is 0 Å². The highest BCUT2D eigenvalue weighted by atomic mass is 15.1. The molecule has 0 rings (SSSR count). The van der Waals surface area contributed by atoms with Gasteiger partial charge in [-0.2, -0.15) is 0 Å². The summed E-state index contributed by atoms with van der Waals surface area (Å²) in [7, 11) is 0. The fraction of sp³-hybridized carbons (Fsp3) is 1.00. The standard InChI is InChI=1S/C13H29N/c1-5-8-10-13(4)12-14(7-3)11-9-6-2/h13H,5-12H2,1-4H3. The molecule has 0 aliphatic rings. The first kappa shape index (κ1) is 14.0. The maximum absolute atomic E-state index is 2.60. The molecule has 86 valence electrons. The van der Waals surface area contributed by atoms with Crippen molar-refractivity contribution in [3.63, 3.8) is 0 Å². The topological polar surface area (TPSA) is 3.24 Å². The molecule has 1 atom stereocenters. The average molecular weight is 199 g/mol. The van der Waals surface area contributed by atoms with Gasteiger partial charge in [-0.15, -0.1) is 0 Å². The van der Waals surface area contributed by atoms with E-state index in [1.165, 1.54) is 51.7 Å². The number of unbranched alkanes of at least 4 members (excludes halogenated alkanes) is 2. The molecule has 0 fully saturated rings. The Morgan fingerprint density at radius 3 is 2.14 bits per heavy atom. The molecule has 0 radical (unpaired) electrons. The predicted octanol–water partition coefficient (Wildman–Crippen LogP) is 3.93. The largest absolute Gasteiger partial charge is 0.303 e. The Morgan fingerprint density at radius 1 is 1.00 bits per heavy atom. The van der Waals surface area contributed by atoms with E-state index in [0.29, 0.717) is 0 Å². The van der Waals surface area contributed by atoms with Crippen LogP contribution < -0.4 is 0 Å². The van der Waals surface area contributed by atoms with Crippen LogP contribution in [-0.4, -0.2) is 24.5 Å². The van der Waals surface area contributed by atoms with Gasteiger partial charge in [-0.1, -0.05) is 47.0 Å². The van der Waals surface area contributed by atoms with Crippen molar-refractivity contribution < 1.29 is 0 Å². The van der Waals surface area contributed by atoms with Crippen molar-refractivity contribution in [1.82, 2.24) is 4.90 Å². The molecule has 0 aliphatic heterocycles. The third kappa shape index (κ3) is 7.37. The second kappa shape index (κ2) is 9.51. The van der Waals surface area contributed by atoms with Crippen LogP contribution in [0.15, 0.2) is 0 Å². The number of rotatable bonds is 9. The van der Waals surface area contributed by atoms with E-state index in [2.05, 4.69) is 32.6 Å². The summed E-state index contributed by atoms with van der Waals surface area (Å²) in [6.07, 6.45) is 6.81. The maximum atomic E-state index is 2.60. The van der Waals surface area contributed by atoms with Crippen molar-refractivity contribution in [3.05, 3.63) is 0 Å². The average Bonchev–Trinajstić information content (AvgIpc) is 2.21. The van der Waals surface area contributed by atoms with E-state index in [9.17, 15) is 0 Å². The lowest BCUT2D eigenvalue weighted by Crippen LogP contribution is -2.29. The minimum atomic E-state index is 0.881. The zero-order chi connectivity index (χ0) is 10.8. The van der Waals surface area contributed by atoms with Gasteiger partial charge in [-0.25, -0.2) is 0 Å². The molecule has 1 nitrogen and oxygen atoms in total. The van der Waals surface area contributed by atoms with Gasteiger partial charge in [0.15, 0.2) is 0 Å². The van der Waals surface area contributed by atoms with Crippen LogP contribution in [0.1, 0.15) is 59.8 Å². The first-order valence-corrected chi connectivity index (χ1v) is 6.46. The van der Waals surface area contributed by atoms with E-state index in [-0.39, 0.29) is 0 Å². The molecule has 0 N–H and O–H groups in total. The fourth-order valence-corrected chi connectivity index (χ4v) is 1.84. The lowest BCUT2D eigenvalue weighted by Gasteiger charge is -2.24. The van der Waals surface area contributed by atoms with Gasteiger partial charge in [0.1, 0.15) is 0 Å². The Kier molecular flexibility index (Phi) is 9.49. The van der Waals surface area contributed by atoms with Gasteiger partial charge >= 0.3 is 0 Å². The minimum Gasteiger partial charge on any atom is -0.303 e. The Labute approximate surface area is 90.9 Å². The molecule has 0 aromatic carbocycles. The number of hydrogen-bond donors (Lipinski definition) is 0. The number of hydrogen-bond acceptors (Lipinski definition) is 1. The summed E-state index contributed by atoms with van der Waals surface area (Å²) < 4.78 is 0. The highest BCUT2D eigenvalue weighted by Crippen LogP contribution is 2.10. The Balaban J connectivity index is 3.57. The SMILES string of the molecule is CCCCC(C)CN(CC)CCCC. The molecule has 0 saturated heterocycles. The Morgan fingerprint density at radius 2 is 1.64 bits per heavy atom. The molecule has 14 heavy (non-hydrogen) atoms. The second-order valence-corrected chi connectivity index (χ2v) is 4.49. The maximum Gasteiger partial charge on any atom is 0.000690 e. The van der Waals surface area contributed by atoms with Crippen LogP contribution in [0.4, 0.5) is 0 Å². The minimum absolute atomic E-state index is 0.881. The summed E-state index contributed by atoms with van der Waals surface area (Å²) >= 11 is 0. The monoisotopic (exact) mass is 199 g/mol. The van der Waals surface area contributed by atoms with Crippen LogP contribution in [0.5, 0.6) is 0 Å². The van der Waals surface area contributed by atoms with Crippen LogP contribution in [-0.2, 0) is 0 Å². The zero-order valence-corrected chi connectivity index (χ0v) is 10.7. The van der Waals surface area contributed by atoms with Crippen molar-refractivity contribution in [2.24, 2.45) is 5.92 Å². The second-order valence-electron chi connectivity index (χ2n) is 4.49. The smallest absolute Gasteiger partial charge is 0.000690 e. The van der Waals surface area contributed by atoms with Crippen LogP contribution in [0.25, 0.3) is 0 Å². The van der Waals surface area contributed by atoms with Crippen molar-refractivity contribution >= 4 is 0 Å². The summed E-state index contributed by atoms with van der Waals surface area (Å²) in [4.78, 5) is 2.60. The van der Waals surface area contributed by atoms with Gasteiger partial charge in [0.25, 0.3) is 0 Å². The van der Waals surface area contributed by atoms with Gasteiger partial charge in [0, 0.05) is 6.54 Å². The zero-order valence-electron chi connectivity index (χ0n) is 10.7. The van der Waals surface area contributed by atoms with Crippen LogP contribution in [0, 0.1) is 5.92 Å². The van der Waals surface area contributed by atoms with E-state index >= 15 is 0 Å². The van der Waals surface area contributed by atoms with E-state index in [0.717, 1.165) is 5.92 Å². The molecule has 1 heteroatoms. The van der Waals surface area contributed by atoms with Crippen molar-refractivity contribution in [2.75, 3.05) is 19.6 Å². The Bertz CT molecular complexity index is 112. The molecule has 0 heterocycles. The highest BCUT2D eigenvalue weighted by Gasteiger charge is 2.07. The lowest BCUT2D eigenvalue weighted by atomic mass is 10.0. The summed E-state index contributed by atoms with van der Waals surface area (Å²) in [5.74, 6) is 0.881. The van der Waals surface area contributed by atoms with Crippen molar-refractivity contribution in [1.29, 1.82) is 0 Å². The molecule has 0 amide bonds. The molecule has 0 aromatic rings. The van der Waals surface area contributed by atoms with Crippen molar-refractivity contribution in [3.8, 4) is 0 Å². The van der Waals surface area contributed by atoms with E-state index in [4.69, 9.17) is 0 Å². The summed E-state index contributed by atoms with van der Waals surface area (Å²) in [5, 5.41) is 0. The third-order valence-electron chi connectivity index (χ3n) is 2.90. The summed E-state index contributed by atoms with van der Waals surface area (Å²) in [6.45, 7) is 13.0. The lowest BCUT2D eigenvalue weighted by molar-refractivity contribution is 0.237. The molecule has 0 saturated carbocycles. The van der Waals surface area contributed by atoms with Crippen molar-refractivity contribution in [2.45, 2.75) is 59.8 Å². The van der Waals surface area contributed by atoms with E-state index in [1.807, 2.05) is 0 Å². The predicted molar refractivity (Wildman–Crippen MR) is 65.7 cm³/mol. The molecule has 1 unspecified atom stereocenters. The first-order valence-electron chi connectivity index (χ1n) is 6.46. The van der Waals surface area contributed by atoms with Gasteiger partial charge in [-0.05, 0) is 31.8 Å². The summed E-state index contributed by atoms with van der Waals surface area (Å²) in [5.41, 5.74) is 0. The number of nitrogens with zero attached hydrogens (tertiary/aromatic N) is 1. The molecular formula is C13H29N. The summed E-state index contributed by atoms with van der Waals surface area (Å²) in [6, 6.07) is 0. The fourth-order valence-electron chi connectivity index (χ4n) is 1.84. The van der Waals surface area contributed by atoms with E-state index < -0.39 is 0 Å². The highest BCUT2D eigenvalue weighted by molar-refractivity contribution is 4.61. The molecule has 0 bridgehead atoms. The van der Waals surface area contributed by atoms with Crippen LogP contribution >= 0.6 is 0 Å². The molecule has 0 spiro atoms. The quantitative estimate of drug-likeness (QED) is 0.544. The van der Waals surface area contributed by atoms with Gasteiger partial charge in [-0.3, -0.25) is 0 Å². The first-order chi connectivity index (χ1) is 6.74.